The molecule has 26 heavy (non-hydrogen) atoms. The van der Waals surface area contributed by atoms with Crippen LogP contribution in [0, 0.1) is 20.8 Å². The lowest BCUT2D eigenvalue weighted by atomic mass is 9.93. The van der Waals surface area contributed by atoms with Crippen molar-refractivity contribution in [3.8, 4) is 0 Å². The molecule has 4 nitrogen and oxygen atoms in total. The minimum absolute atomic E-state index is 0.00568. The monoisotopic (exact) mass is 371 g/mol. The smallest absolute Gasteiger partial charge is 0.221 e. The molecule has 1 aromatic carbocycles. The SMILES string of the molecule is CC(=O)Nc1sc(C)c(C)c1C(c1cccc(C)c1)N1CCN(C)CC1. The second-order valence-corrected chi connectivity index (χ2v) is 8.59. The van der Waals surface area contributed by atoms with Gasteiger partial charge in [-0.2, -0.15) is 0 Å². The van der Waals surface area contributed by atoms with Gasteiger partial charge in [0.1, 0.15) is 5.00 Å². The van der Waals surface area contributed by atoms with Gasteiger partial charge in [-0.15, -0.1) is 11.3 Å². The maximum Gasteiger partial charge on any atom is 0.221 e. The third-order valence-electron chi connectivity index (χ3n) is 5.26. The number of hydrogen-bond donors (Lipinski definition) is 1. The molecule has 2 heterocycles. The van der Waals surface area contributed by atoms with E-state index in [1.165, 1.54) is 27.1 Å². The summed E-state index contributed by atoms with van der Waals surface area (Å²) in [7, 11) is 2.18. The van der Waals surface area contributed by atoms with Gasteiger partial charge in [0.05, 0.1) is 6.04 Å². The van der Waals surface area contributed by atoms with Crippen molar-refractivity contribution in [1.82, 2.24) is 9.80 Å². The van der Waals surface area contributed by atoms with Crippen molar-refractivity contribution < 1.29 is 4.79 Å². The molecule has 0 aliphatic carbocycles. The van der Waals surface area contributed by atoms with Crippen molar-refractivity contribution in [3.63, 3.8) is 0 Å². The van der Waals surface area contributed by atoms with Crippen LogP contribution in [0.1, 0.15) is 40.1 Å². The van der Waals surface area contributed by atoms with Gasteiger partial charge >= 0.3 is 0 Å². The summed E-state index contributed by atoms with van der Waals surface area (Å²) in [5.41, 5.74) is 5.14. The van der Waals surface area contributed by atoms with E-state index in [1.54, 1.807) is 18.3 Å². The highest BCUT2D eigenvalue weighted by Crippen LogP contribution is 2.42. The Bertz CT molecular complexity index is 791. The molecule has 0 spiro atoms. The summed E-state index contributed by atoms with van der Waals surface area (Å²) in [6.45, 7) is 12.3. The second-order valence-electron chi connectivity index (χ2n) is 7.36. The van der Waals surface area contributed by atoms with Gasteiger partial charge in [0.15, 0.2) is 0 Å². The Hall–Kier alpha value is -1.69. The van der Waals surface area contributed by atoms with Crippen LogP contribution in [0.5, 0.6) is 0 Å². The third-order valence-corrected chi connectivity index (χ3v) is 6.39. The van der Waals surface area contributed by atoms with Gasteiger partial charge in [0.2, 0.25) is 5.91 Å². The zero-order valence-corrected chi connectivity index (χ0v) is 17.2. The van der Waals surface area contributed by atoms with Crippen LogP contribution in [0.3, 0.4) is 0 Å². The van der Waals surface area contributed by atoms with E-state index < -0.39 is 0 Å². The first-order chi connectivity index (χ1) is 12.4. The molecule has 1 N–H and O–H groups in total. The van der Waals surface area contributed by atoms with Gasteiger partial charge in [0.25, 0.3) is 0 Å². The van der Waals surface area contributed by atoms with Crippen LogP contribution in [0.25, 0.3) is 0 Å². The average molecular weight is 372 g/mol. The van der Waals surface area contributed by atoms with E-state index in [4.69, 9.17) is 0 Å². The Kier molecular flexibility index (Phi) is 5.80. The summed E-state index contributed by atoms with van der Waals surface area (Å²) in [5, 5.41) is 4.09. The number of nitrogens with one attached hydrogen (secondary N) is 1. The highest BCUT2D eigenvalue weighted by atomic mass is 32.1. The van der Waals surface area contributed by atoms with E-state index in [-0.39, 0.29) is 11.9 Å². The van der Waals surface area contributed by atoms with Gasteiger partial charge in [0, 0.05) is 43.5 Å². The number of rotatable bonds is 4. The van der Waals surface area contributed by atoms with Crippen molar-refractivity contribution in [2.75, 3.05) is 38.5 Å². The number of amides is 1. The molecule has 0 saturated carbocycles. The fraction of sp³-hybridized carbons (Fsp3) is 0.476. The Labute approximate surface area is 160 Å². The standard InChI is InChI=1S/C21H29N3OS/c1-14-7-6-8-18(13-14)20(24-11-9-23(5)10-12-24)19-15(2)16(3)26-21(19)22-17(4)25/h6-8,13,20H,9-12H2,1-5H3,(H,22,25). The molecule has 1 amide bonds. The molecule has 0 radical (unpaired) electrons. The van der Waals surface area contributed by atoms with E-state index in [0.717, 1.165) is 31.2 Å². The van der Waals surface area contributed by atoms with Crippen LogP contribution >= 0.6 is 11.3 Å². The summed E-state index contributed by atoms with van der Waals surface area (Å²) in [6.07, 6.45) is 0. The van der Waals surface area contributed by atoms with Crippen molar-refractivity contribution in [3.05, 3.63) is 51.4 Å². The first-order valence-corrected chi connectivity index (χ1v) is 10.0. The predicted molar refractivity (Wildman–Crippen MR) is 110 cm³/mol. The lowest BCUT2D eigenvalue weighted by Gasteiger charge is -2.39. The summed E-state index contributed by atoms with van der Waals surface area (Å²) in [6, 6.07) is 8.97. The first kappa shape index (κ1) is 19.1. The van der Waals surface area contributed by atoms with Crippen LogP contribution in [0.4, 0.5) is 5.00 Å². The molecule has 2 aromatic rings. The van der Waals surface area contributed by atoms with Crippen LogP contribution in [-0.4, -0.2) is 48.9 Å². The van der Waals surface area contributed by atoms with E-state index in [0.29, 0.717) is 0 Å². The highest BCUT2D eigenvalue weighted by Gasteiger charge is 2.30. The molecule has 1 atom stereocenters. The van der Waals surface area contributed by atoms with E-state index in [1.807, 2.05) is 0 Å². The zero-order valence-electron chi connectivity index (χ0n) is 16.4. The van der Waals surface area contributed by atoms with Crippen molar-refractivity contribution in [2.45, 2.75) is 33.7 Å². The Morgan fingerprint density at radius 2 is 1.85 bits per heavy atom. The number of carbonyl (C=O) groups is 1. The van der Waals surface area contributed by atoms with Gasteiger partial charge in [-0.3, -0.25) is 9.69 Å². The molecule has 3 rings (SSSR count). The molecule has 5 heteroatoms. The van der Waals surface area contributed by atoms with E-state index in [2.05, 4.69) is 67.2 Å². The number of hydrogen-bond acceptors (Lipinski definition) is 4. The Morgan fingerprint density at radius 3 is 2.46 bits per heavy atom. The molecule has 1 fully saturated rings. The van der Waals surface area contributed by atoms with Crippen molar-refractivity contribution in [1.29, 1.82) is 0 Å². The molecule has 1 unspecified atom stereocenters. The van der Waals surface area contributed by atoms with Crippen LogP contribution in [0.15, 0.2) is 24.3 Å². The summed E-state index contributed by atoms with van der Waals surface area (Å²) < 4.78 is 0. The molecule has 0 bridgehead atoms. The molecule has 1 saturated heterocycles. The number of thiophene rings is 1. The summed E-state index contributed by atoms with van der Waals surface area (Å²) >= 11 is 1.69. The van der Waals surface area contributed by atoms with Crippen molar-refractivity contribution in [2.24, 2.45) is 0 Å². The lowest BCUT2D eigenvalue weighted by molar-refractivity contribution is -0.114. The largest absolute Gasteiger partial charge is 0.318 e. The maximum atomic E-state index is 11.8. The number of likely N-dealkylation sites (N-methyl/N-ethyl adjacent to an activating group) is 1. The number of carbonyl (C=O) groups excluding carboxylic acids is 1. The number of benzene rings is 1. The highest BCUT2D eigenvalue weighted by molar-refractivity contribution is 7.16. The Balaban J connectivity index is 2.10. The second kappa shape index (κ2) is 7.91. The van der Waals surface area contributed by atoms with Gasteiger partial charge in [-0.05, 0) is 38.9 Å². The molecule has 140 valence electrons. The lowest BCUT2D eigenvalue weighted by Crippen LogP contribution is -2.46. The minimum atomic E-state index is -0.00568. The molecule has 1 aliphatic heterocycles. The number of nitrogens with zero attached hydrogens (tertiary/aromatic N) is 2. The minimum Gasteiger partial charge on any atom is -0.318 e. The van der Waals surface area contributed by atoms with Crippen LogP contribution in [-0.2, 0) is 4.79 Å². The first-order valence-electron chi connectivity index (χ1n) is 9.23. The number of piperazine rings is 1. The molecule has 1 aliphatic rings. The molecule has 1 aromatic heterocycles. The van der Waals surface area contributed by atoms with Gasteiger partial charge in [-0.25, -0.2) is 0 Å². The summed E-state index contributed by atoms with van der Waals surface area (Å²) in [4.78, 5) is 18.0. The number of anilines is 1. The van der Waals surface area contributed by atoms with Gasteiger partial charge < -0.3 is 10.2 Å². The van der Waals surface area contributed by atoms with Crippen LogP contribution in [0.2, 0.25) is 0 Å². The maximum absolute atomic E-state index is 11.8. The fourth-order valence-corrected chi connectivity index (χ4v) is 4.85. The van der Waals surface area contributed by atoms with Gasteiger partial charge in [-0.1, -0.05) is 29.8 Å². The molecular weight excluding hydrogens is 342 g/mol. The average Bonchev–Trinajstić information content (AvgIpc) is 2.84. The zero-order chi connectivity index (χ0) is 18.8. The van der Waals surface area contributed by atoms with E-state index >= 15 is 0 Å². The Morgan fingerprint density at radius 1 is 1.15 bits per heavy atom. The quantitative estimate of drug-likeness (QED) is 0.883. The third kappa shape index (κ3) is 4.00. The van der Waals surface area contributed by atoms with Crippen molar-refractivity contribution >= 4 is 22.2 Å². The predicted octanol–water partition coefficient (Wildman–Crippen LogP) is 3.97. The van der Waals surface area contributed by atoms with E-state index in [9.17, 15) is 4.79 Å². The topological polar surface area (TPSA) is 35.6 Å². The van der Waals surface area contributed by atoms with Crippen LogP contribution < -0.4 is 5.32 Å². The fourth-order valence-electron chi connectivity index (χ4n) is 3.71. The normalized spacial score (nSPS) is 17.3. The molecular formula is C21H29N3OS. The summed E-state index contributed by atoms with van der Waals surface area (Å²) in [5.74, 6) is -0.00568. The number of aryl methyl sites for hydroxylation is 2.